The number of nitrogens with zero attached hydrogens (tertiary/aromatic N) is 2. The van der Waals surface area contributed by atoms with E-state index >= 15 is 0 Å². The number of anilines is 1. The Labute approximate surface area is 167 Å². The summed E-state index contributed by atoms with van der Waals surface area (Å²) >= 11 is 0. The monoisotopic (exact) mass is 409 g/mol. The summed E-state index contributed by atoms with van der Waals surface area (Å²) in [7, 11) is -4.03. The molecule has 0 aliphatic heterocycles. The lowest BCUT2D eigenvalue weighted by Crippen LogP contribution is -2.07. The van der Waals surface area contributed by atoms with Gasteiger partial charge in [-0.2, -0.15) is 4.98 Å². The zero-order valence-corrected chi connectivity index (χ0v) is 15.9. The van der Waals surface area contributed by atoms with Gasteiger partial charge < -0.3 is 9.73 Å². The number of benzene rings is 2. The van der Waals surface area contributed by atoms with E-state index in [-0.39, 0.29) is 21.7 Å². The number of aromatic nitrogens is 2. The summed E-state index contributed by atoms with van der Waals surface area (Å²) in [5.74, 6) is -0.346. The minimum atomic E-state index is -4.03. The molecule has 4 aromatic rings. The maximum atomic E-state index is 13.2. The predicted molar refractivity (Wildman–Crippen MR) is 105 cm³/mol. The molecule has 2 aromatic heterocycles. The molecule has 8 heteroatoms. The third kappa shape index (κ3) is 4.02. The second-order valence-electron chi connectivity index (χ2n) is 6.19. The number of pyridine rings is 1. The van der Waals surface area contributed by atoms with E-state index in [0.29, 0.717) is 12.1 Å². The van der Waals surface area contributed by atoms with Crippen LogP contribution in [-0.2, 0) is 16.4 Å². The van der Waals surface area contributed by atoms with Gasteiger partial charge in [-0.05, 0) is 48.0 Å². The molecule has 6 nitrogen and oxygen atoms in total. The summed E-state index contributed by atoms with van der Waals surface area (Å²) in [6, 6.07) is 17.2. The van der Waals surface area contributed by atoms with Gasteiger partial charge in [0.25, 0.3) is 0 Å². The lowest BCUT2D eigenvalue weighted by molar-refractivity contribution is 0.576. The molecule has 146 valence electrons. The fourth-order valence-corrected chi connectivity index (χ4v) is 3.99. The van der Waals surface area contributed by atoms with E-state index in [2.05, 4.69) is 15.3 Å². The van der Waals surface area contributed by atoms with Crippen LogP contribution in [0.15, 0.2) is 93.5 Å². The second kappa shape index (κ2) is 7.84. The van der Waals surface area contributed by atoms with Crippen molar-refractivity contribution in [1.82, 2.24) is 9.97 Å². The molecule has 0 atom stereocenters. The summed E-state index contributed by atoms with van der Waals surface area (Å²) in [4.78, 5) is 8.20. The van der Waals surface area contributed by atoms with Crippen molar-refractivity contribution in [2.75, 3.05) is 5.32 Å². The van der Waals surface area contributed by atoms with Crippen LogP contribution in [0.4, 0.5) is 10.3 Å². The lowest BCUT2D eigenvalue weighted by Gasteiger charge is -2.06. The van der Waals surface area contributed by atoms with Gasteiger partial charge in [-0.3, -0.25) is 4.98 Å². The topological polar surface area (TPSA) is 85.1 Å². The van der Waals surface area contributed by atoms with E-state index in [1.165, 1.54) is 12.1 Å². The van der Waals surface area contributed by atoms with Crippen molar-refractivity contribution in [2.24, 2.45) is 0 Å². The summed E-state index contributed by atoms with van der Waals surface area (Å²) in [6.07, 6.45) is 3.31. The standard InChI is InChI=1S/C21H16FN3O3S/c22-17-8-10-18(11-9-17)29(26,27)21-20(24-14-15-5-4-12-23-13-15)28-19(25-21)16-6-2-1-3-7-16/h1-13,24H,14H2. The molecule has 1 N–H and O–H groups in total. The van der Waals surface area contributed by atoms with Crippen LogP contribution in [0.2, 0.25) is 0 Å². The van der Waals surface area contributed by atoms with Crippen LogP contribution in [0.5, 0.6) is 0 Å². The Bertz CT molecular complexity index is 1210. The first-order valence-corrected chi connectivity index (χ1v) is 10.2. The SMILES string of the molecule is O=S(=O)(c1ccc(F)cc1)c1nc(-c2ccccc2)oc1NCc1cccnc1. The maximum absolute atomic E-state index is 13.2. The number of oxazole rings is 1. The third-order valence-corrected chi connectivity index (χ3v) is 5.85. The quantitative estimate of drug-likeness (QED) is 0.478. The van der Waals surface area contributed by atoms with Gasteiger partial charge in [0.1, 0.15) is 5.82 Å². The third-order valence-electron chi connectivity index (χ3n) is 4.17. The highest BCUT2D eigenvalue weighted by atomic mass is 32.2. The molecule has 0 unspecified atom stereocenters. The van der Waals surface area contributed by atoms with Crippen molar-refractivity contribution in [2.45, 2.75) is 16.5 Å². The van der Waals surface area contributed by atoms with Crippen LogP contribution in [-0.4, -0.2) is 18.4 Å². The zero-order valence-electron chi connectivity index (χ0n) is 15.1. The summed E-state index contributed by atoms with van der Waals surface area (Å²) in [5, 5.41) is 2.73. The van der Waals surface area contributed by atoms with Gasteiger partial charge in [-0.25, -0.2) is 12.8 Å². The molecule has 0 amide bonds. The van der Waals surface area contributed by atoms with Gasteiger partial charge in [0.15, 0.2) is 0 Å². The highest BCUT2D eigenvalue weighted by Crippen LogP contribution is 2.32. The minimum absolute atomic E-state index is 0.0111. The lowest BCUT2D eigenvalue weighted by atomic mass is 10.2. The van der Waals surface area contributed by atoms with Gasteiger partial charge in [0.05, 0.1) is 4.90 Å². The first-order chi connectivity index (χ1) is 14.0. The largest absolute Gasteiger partial charge is 0.419 e. The minimum Gasteiger partial charge on any atom is -0.419 e. The van der Waals surface area contributed by atoms with Crippen LogP contribution in [0.1, 0.15) is 5.56 Å². The molecule has 0 aliphatic rings. The molecule has 0 saturated carbocycles. The molecule has 0 aliphatic carbocycles. The van der Waals surface area contributed by atoms with Crippen molar-refractivity contribution in [3.8, 4) is 11.5 Å². The van der Waals surface area contributed by atoms with E-state index in [0.717, 1.165) is 17.7 Å². The van der Waals surface area contributed by atoms with Crippen LogP contribution in [0, 0.1) is 5.82 Å². The molecule has 0 saturated heterocycles. The Balaban J connectivity index is 1.76. The Morgan fingerprint density at radius 1 is 0.966 bits per heavy atom. The normalized spacial score (nSPS) is 11.3. The van der Waals surface area contributed by atoms with E-state index in [4.69, 9.17) is 4.42 Å². The molecule has 0 bridgehead atoms. The molecule has 0 spiro atoms. The van der Waals surface area contributed by atoms with Gasteiger partial charge in [-0.1, -0.05) is 24.3 Å². The summed E-state index contributed by atoms with van der Waals surface area (Å²) < 4.78 is 45.3. The summed E-state index contributed by atoms with van der Waals surface area (Å²) in [5.41, 5.74) is 1.48. The van der Waals surface area contributed by atoms with E-state index in [9.17, 15) is 12.8 Å². The molecule has 2 aromatic carbocycles. The molecule has 2 heterocycles. The van der Waals surface area contributed by atoms with Crippen molar-refractivity contribution in [3.63, 3.8) is 0 Å². The number of hydrogen-bond acceptors (Lipinski definition) is 6. The molecular weight excluding hydrogens is 393 g/mol. The Morgan fingerprint density at radius 3 is 2.41 bits per heavy atom. The Hall–Kier alpha value is -3.52. The van der Waals surface area contributed by atoms with Crippen molar-refractivity contribution < 1.29 is 17.2 Å². The molecule has 0 fully saturated rings. The number of halogens is 1. The highest BCUT2D eigenvalue weighted by Gasteiger charge is 2.28. The molecular formula is C21H16FN3O3S. The number of hydrogen-bond donors (Lipinski definition) is 1. The first-order valence-electron chi connectivity index (χ1n) is 8.74. The van der Waals surface area contributed by atoms with Gasteiger partial charge in [0, 0.05) is 24.5 Å². The maximum Gasteiger partial charge on any atom is 0.234 e. The molecule has 4 rings (SSSR count). The fraction of sp³-hybridized carbons (Fsp3) is 0.0476. The van der Waals surface area contributed by atoms with Crippen LogP contribution < -0.4 is 5.32 Å². The van der Waals surface area contributed by atoms with Gasteiger partial charge in [-0.15, -0.1) is 0 Å². The zero-order chi connectivity index (χ0) is 20.3. The average Bonchev–Trinajstić information content (AvgIpc) is 3.19. The second-order valence-corrected chi connectivity index (χ2v) is 8.06. The fourth-order valence-electron chi connectivity index (χ4n) is 2.71. The van der Waals surface area contributed by atoms with Crippen LogP contribution in [0.25, 0.3) is 11.5 Å². The highest BCUT2D eigenvalue weighted by molar-refractivity contribution is 7.91. The van der Waals surface area contributed by atoms with Gasteiger partial charge in [0.2, 0.25) is 26.6 Å². The van der Waals surface area contributed by atoms with Crippen molar-refractivity contribution in [3.05, 3.63) is 90.5 Å². The molecule has 29 heavy (non-hydrogen) atoms. The summed E-state index contributed by atoms with van der Waals surface area (Å²) in [6.45, 7) is 0.295. The number of sulfone groups is 1. The van der Waals surface area contributed by atoms with Crippen LogP contribution >= 0.6 is 0 Å². The van der Waals surface area contributed by atoms with E-state index < -0.39 is 15.7 Å². The van der Waals surface area contributed by atoms with Gasteiger partial charge >= 0.3 is 0 Å². The Kier molecular flexibility index (Phi) is 5.09. The average molecular weight is 409 g/mol. The number of nitrogens with one attached hydrogen (secondary N) is 1. The van der Waals surface area contributed by atoms with Crippen molar-refractivity contribution >= 4 is 15.7 Å². The van der Waals surface area contributed by atoms with E-state index in [1.54, 1.807) is 42.7 Å². The van der Waals surface area contributed by atoms with Crippen molar-refractivity contribution in [1.29, 1.82) is 0 Å². The first kappa shape index (κ1) is 18.8. The smallest absolute Gasteiger partial charge is 0.234 e. The molecule has 0 radical (unpaired) electrons. The Morgan fingerprint density at radius 2 is 1.72 bits per heavy atom. The van der Waals surface area contributed by atoms with E-state index in [1.807, 2.05) is 12.1 Å². The van der Waals surface area contributed by atoms with Crippen LogP contribution in [0.3, 0.4) is 0 Å². The predicted octanol–water partition coefficient (Wildman–Crippen LogP) is 4.32. The number of rotatable bonds is 6.